The molecular weight excluding hydrogens is 144 g/mol. The number of rotatable bonds is 3. The Balaban J connectivity index is 3.72. The number of hydrogen-bond acceptors (Lipinski definition) is 3. The van der Waals surface area contributed by atoms with Crippen molar-refractivity contribution in [1.29, 1.82) is 0 Å². The first-order valence-corrected chi connectivity index (χ1v) is 2.92. The average Bonchev–Trinajstić information content (AvgIpc) is 1.84. The van der Waals surface area contributed by atoms with Crippen LogP contribution >= 0.6 is 11.6 Å². The van der Waals surface area contributed by atoms with Gasteiger partial charge in [0.15, 0.2) is 0 Å². The smallest absolute Gasteiger partial charge is 0.237 e. The molecular formula is C4H9ClN2O2. The van der Waals surface area contributed by atoms with Crippen molar-refractivity contribution in [3.63, 3.8) is 0 Å². The van der Waals surface area contributed by atoms with Crippen LogP contribution in [0.25, 0.3) is 0 Å². The molecule has 2 atom stereocenters. The van der Waals surface area contributed by atoms with Gasteiger partial charge in [-0.3, -0.25) is 4.79 Å². The summed E-state index contributed by atoms with van der Waals surface area (Å²) in [6, 6.07) is -1.05. The molecule has 54 valence electrons. The first kappa shape index (κ1) is 8.68. The molecule has 5 N–H and O–H groups in total. The van der Waals surface area contributed by atoms with E-state index in [2.05, 4.69) is 0 Å². The molecule has 0 heterocycles. The van der Waals surface area contributed by atoms with E-state index >= 15 is 0 Å². The number of aliphatic hydroxyl groups excluding tert-OH is 1. The maximum Gasteiger partial charge on any atom is 0.237 e. The molecule has 0 fully saturated rings. The highest BCUT2D eigenvalue weighted by atomic mass is 35.5. The zero-order valence-electron chi connectivity index (χ0n) is 4.75. The fourth-order valence-electron chi connectivity index (χ4n) is 0.286. The van der Waals surface area contributed by atoms with Gasteiger partial charge in [0.2, 0.25) is 5.91 Å². The molecule has 4 nitrogen and oxygen atoms in total. The average molecular weight is 153 g/mol. The van der Waals surface area contributed by atoms with Crippen LogP contribution in [0.2, 0.25) is 0 Å². The molecule has 0 radical (unpaired) electrons. The number of alkyl halides is 1. The minimum Gasteiger partial charge on any atom is -0.390 e. The van der Waals surface area contributed by atoms with Gasteiger partial charge in [0.25, 0.3) is 0 Å². The van der Waals surface area contributed by atoms with Crippen molar-refractivity contribution >= 4 is 17.5 Å². The number of halogens is 1. The number of carbonyl (C=O) groups is 1. The fourth-order valence-corrected chi connectivity index (χ4v) is 0.478. The lowest BCUT2D eigenvalue weighted by atomic mass is 10.2. The van der Waals surface area contributed by atoms with Crippen molar-refractivity contribution in [3.8, 4) is 0 Å². The lowest BCUT2D eigenvalue weighted by Gasteiger charge is -2.11. The summed E-state index contributed by atoms with van der Waals surface area (Å²) in [6.45, 7) is 0. The van der Waals surface area contributed by atoms with Gasteiger partial charge in [0.1, 0.15) is 6.04 Å². The van der Waals surface area contributed by atoms with Gasteiger partial charge in [-0.15, -0.1) is 11.6 Å². The van der Waals surface area contributed by atoms with Crippen molar-refractivity contribution in [2.45, 2.75) is 12.1 Å². The number of amides is 1. The van der Waals surface area contributed by atoms with Gasteiger partial charge in [-0.1, -0.05) is 0 Å². The number of primary amides is 1. The van der Waals surface area contributed by atoms with Crippen LogP contribution in [0.5, 0.6) is 0 Å². The Kier molecular flexibility index (Phi) is 3.53. The Morgan fingerprint density at radius 2 is 2.22 bits per heavy atom. The van der Waals surface area contributed by atoms with Crippen LogP contribution in [-0.4, -0.2) is 29.0 Å². The molecule has 0 aromatic carbocycles. The van der Waals surface area contributed by atoms with E-state index in [1.54, 1.807) is 0 Å². The molecule has 0 saturated heterocycles. The maximum absolute atomic E-state index is 10.2. The van der Waals surface area contributed by atoms with Crippen LogP contribution in [-0.2, 0) is 4.79 Å². The van der Waals surface area contributed by atoms with Gasteiger partial charge in [-0.05, 0) is 0 Å². The Bertz CT molecular complexity index is 109. The molecule has 5 heteroatoms. The third-order valence-electron chi connectivity index (χ3n) is 0.901. The van der Waals surface area contributed by atoms with Crippen LogP contribution < -0.4 is 11.5 Å². The molecule has 0 bridgehead atoms. The second-order valence-electron chi connectivity index (χ2n) is 1.65. The Morgan fingerprint density at radius 1 is 1.78 bits per heavy atom. The molecule has 0 saturated carbocycles. The molecule has 0 spiro atoms. The van der Waals surface area contributed by atoms with E-state index in [9.17, 15) is 4.79 Å². The molecule has 2 unspecified atom stereocenters. The van der Waals surface area contributed by atoms with Gasteiger partial charge >= 0.3 is 0 Å². The number of nitrogens with two attached hydrogens (primary N) is 2. The normalized spacial score (nSPS) is 16.8. The molecule has 0 aliphatic heterocycles. The Morgan fingerprint density at radius 3 is 2.33 bits per heavy atom. The summed E-state index contributed by atoms with van der Waals surface area (Å²) in [5.41, 5.74) is 9.79. The molecule has 0 aliphatic carbocycles. The standard InChI is InChI=1S/C4H9ClN2O2/c5-1-2(8)3(6)4(7)9/h2-3,8H,1,6H2,(H2,7,9). The molecule has 0 aromatic heterocycles. The minimum absolute atomic E-state index is 0.0793. The highest BCUT2D eigenvalue weighted by Crippen LogP contribution is 1.91. The lowest BCUT2D eigenvalue weighted by Crippen LogP contribution is -2.46. The van der Waals surface area contributed by atoms with Gasteiger partial charge in [-0.25, -0.2) is 0 Å². The van der Waals surface area contributed by atoms with Crippen LogP contribution in [0.4, 0.5) is 0 Å². The van der Waals surface area contributed by atoms with Gasteiger partial charge in [0.05, 0.1) is 12.0 Å². The van der Waals surface area contributed by atoms with Crippen molar-refractivity contribution in [2.24, 2.45) is 11.5 Å². The maximum atomic E-state index is 10.2. The zero-order chi connectivity index (χ0) is 7.44. The molecule has 0 aromatic rings. The van der Waals surface area contributed by atoms with Crippen molar-refractivity contribution < 1.29 is 9.90 Å². The summed E-state index contributed by atoms with van der Waals surface area (Å²) >= 11 is 5.15. The Hall–Kier alpha value is -0.320. The van der Waals surface area contributed by atoms with Crippen LogP contribution in [0.15, 0.2) is 0 Å². The van der Waals surface area contributed by atoms with Crippen LogP contribution in [0, 0.1) is 0 Å². The summed E-state index contributed by atoms with van der Waals surface area (Å²) in [6.07, 6.45) is -1.04. The van der Waals surface area contributed by atoms with Gasteiger partial charge in [0, 0.05) is 0 Å². The summed E-state index contributed by atoms with van der Waals surface area (Å²) in [7, 11) is 0. The lowest BCUT2D eigenvalue weighted by molar-refractivity contribution is -0.121. The highest BCUT2D eigenvalue weighted by Gasteiger charge is 2.18. The SMILES string of the molecule is NC(=O)C(N)C(O)CCl. The van der Waals surface area contributed by atoms with E-state index in [1.807, 2.05) is 0 Å². The topological polar surface area (TPSA) is 89.3 Å². The van der Waals surface area contributed by atoms with Crippen molar-refractivity contribution in [2.75, 3.05) is 5.88 Å². The van der Waals surface area contributed by atoms with E-state index in [0.717, 1.165) is 0 Å². The summed E-state index contributed by atoms with van der Waals surface area (Å²) in [5.74, 6) is -0.826. The van der Waals surface area contributed by atoms with E-state index in [4.69, 9.17) is 28.2 Å². The van der Waals surface area contributed by atoms with E-state index in [0.29, 0.717) is 0 Å². The largest absolute Gasteiger partial charge is 0.390 e. The number of hydrogen-bond donors (Lipinski definition) is 3. The van der Waals surface area contributed by atoms with E-state index in [1.165, 1.54) is 0 Å². The van der Waals surface area contributed by atoms with E-state index < -0.39 is 18.1 Å². The molecule has 0 aliphatic rings. The third kappa shape index (κ3) is 2.64. The summed E-state index contributed by atoms with van der Waals surface area (Å²) in [5, 5.41) is 8.74. The molecule has 0 rings (SSSR count). The van der Waals surface area contributed by atoms with Crippen molar-refractivity contribution in [3.05, 3.63) is 0 Å². The summed E-state index contributed by atoms with van der Waals surface area (Å²) in [4.78, 5) is 10.2. The predicted molar refractivity (Wildman–Crippen MR) is 33.9 cm³/mol. The second-order valence-corrected chi connectivity index (χ2v) is 1.96. The first-order valence-electron chi connectivity index (χ1n) is 2.38. The third-order valence-corrected chi connectivity index (χ3v) is 1.22. The molecule has 9 heavy (non-hydrogen) atoms. The van der Waals surface area contributed by atoms with Gasteiger partial charge in [-0.2, -0.15) is 0 Å². The predicted octanol–water partition coefficient (Wildman–Crippen LogP) is -1.60. The fraction of sp³-hybridized carbons (Fsp3) is 0.750. The molecule has 1 amide bonds. The van der Waals surface area contributed by atoms with Crippen LogP contribution in [0.3, 0.4) is 0 Å². The van der Waals surface area contributed by atoms with Crippen molar-refractivity contribution in [1.82, 2.24) is 0 Å². The monoisotopic (exact) mass is 152 g/mol. The van der Waals surface area contributed by atoms with Crippen LogP contribution in [0.1, 0.15) is 0 Å². The highest BCUT2D eigenvalue weighted by molar-refractivity contribution is 6.18. The summed E-state index contributed by atoms with van der Waals surface area (Å²) < 4.78 is 0. The Labute approximate surface area is 57.8 Å². The second kappa shape index (κ2) is 3.66. The van der Waals surface area contributed by atoms with E-state index in [-0.39, 0.29) is 5.88 Å². The first-order chi connectivity index (χ1) is 4.09. The number of aliphatic hydroxyl groups is 1. The quantitative estimate of drug-likeness (QED) is 0.426. The number of carbonyl (C=O) groups excluding carboxylic acids is 1. The van der Waals surface area contributed by atoms with Gasteiger partial charge < -0.3 is 16.6 Å². The minimum atomic E-state index is -1.05. The zero-order valence-corrected chi connectivity index (χ0v) is 5.51.